The monoisotopic (exact) mass is 472 g/mol. The number of halogens is 1. The first-order valence-electron chi connectivity index (χ1n) is 11.1. The number of benzene rings is 2. The van der Waals surface area contributed by atoms with Gasteiger partial charge in [0.25, 0.3) is 5.91 Å². The molecule has 4 rings (SSSR count). The van der Waals surface area contributed by atoms with Gasteiger partial charge in [-0.3, -0.25) is 14.8 Å². The zero-order valence-corrected chi connectivity index (χ0v) is 19.3. The number of para-hydroxylation sites is 2. The highest BCUT2D eigenvalue weighted by atomic mass is 35.5. The number of ether oxygens (including phenoxy) is 1. The van der Waals surface area contributed by atoms with Crippen LogP contribution in [0.15, 0.2) is 54.6 Å². The van der Waals surface area contributed by atoms with Crippen LogP contribution in [0.1, 0.15) is 6.42 Å². The van der Waals surface area contributed by atoms with Crippen LogP contribution in [0.4, 0.5) is 5.69 Å². The number of piperazine rings is 1. The minimum Gasteiger partial charge on any atom is -0.488 e. The molecule has 2 aromatic carbocycles. The normalized spacial score (nSPS) is 23.2. The molecule has 0 aliphatic carbocycles. The number of hydroxylamine groups is 2. The molecule has 2 heterocycles. The minimum atomic E-state index is -0.749. The molecule has 0 spiro atoms. The molecular weight excluding hydrogens is 444 g/mol. The average Bonchev–Trinajstić information content (AvgIpc) is 2.85. The first kappa shape index (κ1) is 23.4. The van der Waals surface area contributed by atoms with Crippen molar-refractivity contribution in [2.24, 2.45) is 5.92 Å². The highest BCUT2D eigenvalue weighted by Crippen LogP contribution is 2.29. The van der Waals surface area contributed by atoms with E-state index >= 15 is 0 Å². The van der Waals surface area contributed by atoms with Crippen LogP contribution in [-0.2, 0) is 9.59 Å². The van der Waals surface area contributed by atoms with Crippen molar-refractivity contribution in [3.05, 3.63) is 59.6 Å². The Morgan fingerprint density at radius 1 is 1.06 bits per heavy atom. The smallest absolute Gasteiger partial charge is 0.251 e. The van der Waals surface area contributed by atoms with Gasteiger partial charge in [0, 0.05) is 45.5 Å². The third-order valence-electron chi connectivity index (χ3n) is 6.23. The van der Waals surface area contributed by atoms with E-state index in [9.17, 15) is 14.8 Å². The zero-order valence-electron chi connectivity index (χ0n) is 18.6. The summed E-state index contributed by atoms with van der Waals surface area (Å²) < 4.78 is 6.00. The summed E-state index contributed by atoms with van der Waals surface area (Å²) in [7, 11) is 1.28. The van der Waals surface area contributed by atoms with Gasteiger partial charge in [0.2, 0.25) is 5.91 Å². The van der Waals surface area contributed by atoms with Crippen molar-refractivity contribution >= 4 is 29.1 Å². The third kappa shape index (κ3) is 5.40. The molecule has 9 heteroatoms. The van der Waals surface area contributed by atoms with E-state index in [0.717, 1.165) is 18.8 Å². The number of nitrogens with zero attached hydrogens (tertiary/aromatic N) is 3. The predicted molar refractivity (Wildman–Crippen MR) is 126 cm³/mol. The molecule has 3 atom stereocenters. The van der Waals surface area contributed by atoms with Crippen molar-refractivity contribution in [2.75, 3.05) is 44.7 Å². The molecule has 2 amide bonds. The Morgan fingerprint density at radius 3 is 2.39 bits per heavy atom. The van der Waals surface area contributed by atoms with Crippen LogP contribution in [0.25, 0.3) is 0 Å². The number of rotatable bonds is 5. The maximum atomic E-state index is 13.4. The molecule has 0 unspecified atom stereocenters. The standard InChI is InChI=1S/C24H29ClN4O4/c1-27(32)23(30)19-15-18(33-21-10-6-5-9-20(21)25)16-26-22(19)24(31)29-13-11-28(12-14-29)17-7-3-2-4-8-17/h2-10,18-19,22,26,32H,11-16H2,1H3/t18-,19-,22-/m0/s1. The summed E-state index contributed by atoms with van der Waals surface area (Å²) in [6, 6.07) is 16.5. The summed E-state index contributed by atoms with van der Waals surface area (Å²) in [5.74, 6) is -0.868. The molecule has 0 bridgehead atoms. The second kappa shape index (κ2) is 10.4. The topological polar surface area (TPSA) is 85.3 Å². The molecule has 2 N–H and O–H groups in total. The molecule has 2 aromatic rings. The van der Waals surface area contributed by atoms with Crippen molar-refractivity contribution in [3.63, 3.8) is 0 Å². The maximum Gasteiger partial charge on any atom is 0.251 e. The highest BCUT2D eigenvalue weighted by Gasteiger charge is 2.43. The first-order chi connectivity index (χ1) is 15.9. The number of carbonyl (C=O) groups is 2. The molecule has 2 fully saturated rings. The number of carbonyl (C=O) groups excluding carboxylic acids is 2. The molecule has 2 aliphatic rings. The van der Waals surface area contributed by atoms with Gasteiger partial charge in [-0.05, 0) is 30.7 Å². The molecule has 176 valence electrons. The Labute approximate surface area is 198 Å². The van der Waals surface area contributed by atoms with Crippen LogP contribution >= 0.6 is 11.6 Å². The Morgan fingerprint density at radius 2 is 1.73 bits per heavy atom. The van der Waals surface area contributed by atoms with E-state index in [4.69, 9.17) is 16.3 Å². The molecule has 8 nitrogen and oxygen atoms in total. The number of hydrogen-bond acceptors (Lipinski definition) is 6. The molecule has 2 saturated heterocycles. The van der Waals surface area contributed by atoms with Crippen LogP contribution in [0.5, 0.6) is 5.75 Å². The van der Waals surface area contributed by atoms with Gasteiger partial charge < -0.3 is 19.9 Å². The van der Waals surface area contributed by atoms with Crippen molar-refractivity contribution in [1.29, 1.82) is 0 Å². The lowest BCUT2D eigenvalue weighted by atomic mass is 9.87. The Hall–Kier alpha value is -2.81. The number of nitrogens with one attached hydrogen (secondary N) is 1. The van der Waals surface area contributed by atoms with Crippen LogP contribution in [0.2, 0.25) is 5.02 Å². The summed E-state index contributed by atoms with van der Waals surface area (Å²) in [6.07, 6.45) is -0.0692. The van der Waals surface area contributed by atoms with E-state index in [1.807, 2.05) is 30.3 Å². The number of anilines is 1. The molecule has 0 aromatic heterocycles. The fourth-order valence-corrected chi connectivity index (χ4v) is 4.66. The Balaban J connectivity index is 1.42. The van der Waals surface area contributed by atoms with E-state index in [0.29, 0.717) is 41.9 Å². The van der Waals surface area contributed by atoms with Gasteiger partial charge in [-0.15, -0.1) is 0 Å². The second-order valence-electron chi connectivity index (χ2n) is 8.41. The van der Waals surface area contributed by atoms with E-state index in [1.165, 1.54) is 7.05 Å². The van der Waals surface area contributed by atoms with E-state index in [-0.39, 0.29) is 12.0 Å². The summed E-state index contributed by atoms with van der Waals surface area (Å²) >= 11 is 6.20. The Bertz CT molecular complexity index is 966. The zero-order chi connectivity index (χ0) is 23.4. The highest BCUT2D eigenvalue weighted by molar-refractivity contribution is 6.32. The van der Waals surface area contributed by atoms with E-state index in [1.54, 1.807) is 17.0 Å². The molecule has 0 saturated carbocycles. The fourth-order valence-electron chi connectivity index (χ4n) is 4.48. The van der Waals surface area contributed by atoms with Crippen molar-refractivity contribution in [3.8, 4) is 5.75 Å². The van der Waals surface area contributed by atoms with Gasteiger partial charge in [0.05, 0.1) is 17.0 Å². The molecule has 33 heavy (non-hydrogen) atoms. The molecule has 2 aliphatic heterocycles. The van der Waals surface area contributed by atoms with Gasteiger partial charge >= 0.3 is 0 Å². The van der Waals surface area contributed by atoms with E-state index < -0.39 is 17.9 Å². The van der Waals surface area contributed by atoms with Crippen LogP contribution in [0, 0.1) is 5.92 Å². The second-order valence-corrected chi connectivity index (χ2v) is 8.82. The lowest BCUT2D eigenvalue weighted by Crippen LogP contribution is -2.62. The van der Waals surface area contributed by atoms with Gasteiger partial charge in [0.1, 0.15) is 11.9 Å². The maximum absolute atomic E-state index is 13.4. The summed E-state index contributed by atoms with van der Waals surface area (Å²) in [5.41, 5.74) is 1.13. The summed E-state index contributed by atoms with van der Waals surface area (Å²) in [6.45, 7) is 2.98. The van der Waals surface area contributed by atoms with Gasteiger partial charge in [-0.2, -0.15) is 0 Å². The first-order valence-corrected chi connectivity index (χ1v) is 11.5. The summed E-state index contributed by atoms with van der Waals surface area (Å²) in [4.78, 5) is 30.2. The largest absolute Gasteiger partial charge is 0.488 e. The fraction of sp³-hybridized carbons (Fsp3) is 0.417. The SMILES string of the molecule is CN(O)C(=O)[C@H]1C[C@H](Oc2ccccc2Cl)CN[C@@H]1C(=O)N1CCN(c2ccccc2)CC1. The van der Waals surface area contributed by atoms with Crippen molar-refractivity contribution in [1.82, 2.24) is 15.3 Å². The Kier molecular flexibility index (Phi) is 7.37. The lowest BCUT2D eigenvalue weighted by Gasteiger charge is -2.41. The summed E-state index contributed by atoms with van der Waals surface area (Å²) in [5, 5.41) is 14.1. The minimum absolute atomic E-state index is 0.126. The van der Waals surface area contributed by atoms with Crippen molar-refractivity contribution in [2.45, 2.75) is 18.6 Å². The van der Waals surface area contributed by atoms with Crippen LogP contribution in [-0.4, -0.2) is 78.9 Å². The predicted octanol–water partition coefficient (Wildman–Crippen LogP) is 2.26. The average molecular weight is 473 g/mol. The van der Waals surface area contributed by atoms with Crippen LogP contribution < -0.4 is 15.0 Å². The lowest BCUT2D eigenvalue weighted by molar-refractivity contribution is -0.169. The third-order valence-corrected chi connectivity index (χ3v) is 6.54. The van der Waals surface area contributed by atoms with Gasteiger partial charge in [-0.25, -0.2) is 5.06 Å². The van der Waals surface area contributed by atoms with Crippen LogP contribution in [0.3, 0.4) is 0 Å². The number of hydrogen-bond donors (Lipinski definition) is 2. The molecule has 0 radical (unpaired) electrons. The van der Waals surface area contributed by atoms with E-state index in [2.05, 4.69) is 22.3 Å². The van der Waals surface area contributed by atoms with Gasteiger partial charge in [-0.1, -0.05) is 41.9 Å². The quantitative estimate of drug-likeness (QED) is 0.513. The number of piperidine rings is 1. The van der Waals surface area contributed by atoms with Crippen molar-refractivity contribution < 1.29 is 19.5 Å². The number of amides is 2. The molecular formula is C24H29ClN4O4. The van der Waals surface area contributed by atoms with Gasteiger partial charge in [0.15, 0.2) is 0 Å².